The first kappa shape index (κ1) is 14.0. The fourth-order valence-electron chi connectivity index (χ4n) is 2.54. The Labute approximate surface area is 122 Å². The molecule has 1 aliphatic heterocycles. The van der Waals surface area contributed by atoms with Crippen molar-refractivity contribution in [2.75, 3.05) is 24.6 Å². The first-order valence-electron chi connectivity index (χ1n) is 6.90. The van der Waals surface area contributed by atoms with E-state index in [9.17, 15) is 13.2 Å². The van der Waals surface area contributed by atoms with Gasteiger partial charge in [0.2, 0.25) is 0 Å². The smallest absolute Gasteiger partial charge is 0.273 e. The highest BCUT2D eigenvalue weighted by Crippen LogP contribution is 2.41. The summed E-state index contributed by atoms with van der Waals surface area (Å²) in [6.45, 7) is 2.65. The molecule has 110 valence electrons. The van der Waals surface area contributed by atoms with Gasteiger partial charge in [-0.2, -0.15) is 0 Å². The van der Waals surface area contributed by atoms with Crippen LogP contribution in [0.5, 0.6) is 0 Å². The molecule has 1 saturated carbocycles. The predicted molar refractivity (Wildman–Crippen MR) is 77.8 cm³/mol. The Morgan fingerprint density at radius 2 is 2.20 bits per heavy atom. The van der Waals surface area contributed by atoms with Crippen molar-refractivity contribution in [3.05, 3.63) is 16.1 Å². The first-order valence-corrected chi connectivity index (χ1v) is 9.60. The fourth-order valence-corrected chi connectivity index (χ4v) is 5.14. The van der Waals surface area contributed by atoms with Gasteiger partial charge < -0.3 is 4.90 Å². The van der Waals surface area contributed by atoms with E-state index >= 15 is 0 Å². The lowest BCUT2D eigenvalue weighted by molar-refractivity contribution is 0.0746. The number of sulfone groups is 1. The molecule has 1 amide bonds. The van der Waals surface area contributed by atoms with Crippen LogP contribution in [0.1, 0.15) is 41.2 Å². The van der Waals surface area contributed by atoms with Crippen molar-refractivity contribution in [3.63, 3.8) is 0 Å². The zero-order chi connectivity index (χ0) is 14.3. The monoisotopic (exact) mass is 314 g/mol. The van der Waals surface area contributed by atoms with Crippen molar-refractivity contribution < 1.29 is 13.2 Å². The molecule has 5 nitrogen and oxygen atoms in total. The average Bonchev–Trinajstić information content (AvgIpc) is 3.12. The number of hydrogen-bond donors (Lipinski definition) is 0. The fraction of sp³-hybridized carbons (Fsp3) is 0.692. The number of carbonyl (C=O) groups excluding carboxylic acids is 1. The van der Waals surface area contributed by atoms with E-state index in [2.05, 4.69) is 4.98 Å². The molecule has 1 atom stereocenters. The molecule has 2 aliphatic rings. The van der Waals surface area contributed by atoms with Crippen molar-refractivity contribution in [3.8, 4) is 0 Å². The van der Waals surface area contributed by atoms with Gasteiger partial charge in [-0.15, -0.1) is 11.3 Å². The van der Waals surface area contributed by atoms with Crippen LogP contribution in [0.4, 0.5) is 0 Å². The summed E-state index contributed by atoms with van der Waals surface area (Å²) in [6.07, 6.45) is 2.33. The van der Waals surface area contributed by atoms with E-state index in [-0.39, 0.29) is 29.9 Å². The number of amides is 1. The van der Waals surface area contributed by atoms with Crippen molar-refractivity contribution in [2.24, 2.45) is 5.92 Å². The van der Waals surface area contributed by atoms with Gasteiger partial charge in [0.1, 0.15) is 5.69 Å². The van der Waals surface area contributed by atoms with Gasteiger partial charge >= 0.3 is 0 Å². The molecular weight excluding hydrogens is 296 g/mol. The largest absolute Gasteiger partial charge is 0.336 e. The Bertz CT molecular complexity index is 619. The third kappa shape index (κ3) is 3.03. The minimum absolute atomic E-state index is 0.0204. The molecule has 7 heteroatoms. The second kappa shape index (κ2) is 5.11. The van der Waals surface area contributed by atoms with Crippen LogP contribution in [0.25, 0.3) is 0 Å². The Kier molecular flexibility index (Phi) is 3.58. The SMILES string of the molecule is CC1CN(C(=O)c2csc(C3CC3)n2)CCS(=O)(=O)C1. The number of hydrogen-bond acceptors (Lipinski definition) is 5. The van der Waals surface area contributed by atoms with Crippen LogP contribution in [0, 0.1) is 5.92 Å². The standard InChI is InChI=1S/C13H18N2O3S2/c1-9-6-15(4-5-20(17,18)8-9)13(16)11-7-19-12(14-11)10-2-3-10/h7,9-10H,2-6,8H2,1H3. The molecule has 2 fully saturated rings. The maximum Gasteiger partial charge on any atom is 0.273 e. The van der Waals surface area contributed by atoms with E-state index in [4.69, 9.17) is 0 Å². The van der Waals surface area contributed by atoms with Crippen LogP contribution in [-0.4, -0.2) is 48.8 Å². The molecule has 1 aromatic heterocycles. The van der Waals surface area contributed by atoms with Gasteiger partial charge in [-0.3, -0.25) is 4.79 Å². The third-order valence-corrected chi connectivity index (χ3v) is 6.59. The molecular formula is C13H18N2O3S2. The molecule has 20 heavy (non-hydrogen) atoms. The number of thiazole rings is 1. The zero-order valence-electron chi connectivity index (χ0n) is 11.4. The highest BCUT2D eigenvalue weighted by atomic mass is 32.2. The Hall–Kier alpha value is -0.950. The van der Waals surface area contributed by atoms with E-state index in [1.165, 1.54) is 12.8 Å². The summed E-state index contributed by atoms with van der Waals surface area (Å²) < 4.78 is 23.5. The minimum atomic E-state index is -3.03. The third-order valence-electron chi connectivity index (χ3n) is 3.70. The lowest BCUT2D eigenvalue weighted by Gasteiger charge is -2.20. The number of nitrogens with zero attached hydrogens (tertiary/aromatic N) is 2. The Morgan fingerprint density at radius 3 is 2.90 bits per heavy atom. The second-order valence-electron chi connectivity index (χ2n) is 5.82. The van der Waals surface area contributed by atoms with Crippen molar-refractivity contribution in [1.82, 2.24) is 9.88 Å². The molecule has 0 radical (unpaired) electrons. The van der Waals surface area contributed by atoms with Gasteiger partial charge in [0.05, 0.1) is 16.5 Å². The number of aromatic nitrogens is 1. The quantitative estimate of drug-likeness (QED) is 0.830. The van der Waals surface area contributed by atoms with Crippen molar-refractivity contribution in [1.29, 1.82) is 0 Å². The molecule has 3 rings (SSSR count). The van der Waals surface area contributed by atoms with Gasteiger partial charge in [0.15, 0.2) is 9.84 Å². The zero-order valence-corrected chi connectivity index (χ0v) is 13.0. The van der Waals surface area contributed by atoms with Gasteiger partial charge in [-0.1, -0.05) is 6.92 Å². The molecule has 0 spiro atoms. The molecule has 1 saturated heterocycles. The van der Waals surface area contributed by atoms with Crippen LogP contribution < -0.4 is 0 Å². The van der Waals surface area contributed by atoms with Gasteiger partial charge in [-0.25, -0.2) is 13.4 Å². The van der Waals surface area contributed by atoms with E-state index in [1.807, 2.05) is 6.92 Å². The first-order chi connectivity index (χ1) is 9.44. The van der Waals surface area contributed by atoms with Crippen molar-refractivity contribution >= 4 is 27.1 Å². The summed E-state index contributed by atoms with van der Waals surface area (Å²) in [5, 5.41) is 2.85. The van der Waals surface area contributed by atoms with Crippen LogP contribution in [-0.2, 0) is 9.84 Å². The Morgan fingerprint density at radius 1 is 1.45 bits per heavy atom. The van der Waals surface area contributed by atoms with Gasteiger partial charge in [-0.05, 0) is 18.8 Å². The topological polar surface area (TPSA) is 67.3 Å². The molecule has 2 heterocycles. The molecule has 1 aliphatic carbocycles. The lowest BCUT2D eigenvalue weighted by atomic mass is 10.2. The maximum absolute atomic E-state index is 12.4. The summed E-state index contributed by atoms with van der Waals surface area (Å²) in [5.74, 6) is 0.624. The molecule has 0 aromatic carbocycles. The highest BCUT2D eigenvalue weighted by Gasteiger charge is 2.31. The van der Waals surface area contributed by atoms with E-state index < -0.39 is 9.84 Å². The number of carbonyl (C=O) groups is 1. The van der Waals surface area contributed by atoms with Gasteiger partial charge in [0.25, 0.3) is 5.91 Å². The number of rotatable bonds is 2. The minimum Gasteiger partial charge on any atom is -0.336 e. The van der Waals surface area contributed by atoms with Crippen LogP contribution in [0.15, 0.2) is 5.38 Å². The summed E-state index contributed by atoms with van der Waals surface area (Å²) in [5.41, 5.74) is 0.475. The van der Waals surface area contributed by atoms with Crippen LogP contribution in [0.2, 0.25) is 0 Å². The highest BCUT2D eigenvalue weighted by molar-refractivity contribution is 7.91. The van der Waals surface area contributed by atoms with Crippen molar-refractivity contribution in [2.45, 2.75) is 25.7 Å². The van der Waals surface area contributed by atoms with Crippen LogP contribution >= 0.6 is 11.3 Å². The molecule has 0 bridgehead atoms. The normalized spacial score (nSPS) is 26.2. The summed E-state index contributed by atoms with van der Waals surface area (Å²) in [7, 11) is -3.03. The summed E-state index contributed by atoms with van der Waals surface area (Å²) in [4.78, 5) is 18.5. The van der Waals surface area contributed by atoms with E-state index in [0.717, 1.165) is 5.01 Å². The van der Waals surface area contributed by atoms with Gasteiger partial charge in [0, 0.05) is 24.4 Å². The van der Waals surface area contributed by atoms with E-state index in [1.54, 1.807) is 21.6 Å². The summed E-state index contributed by atoms with van der Waals surface area (Å²) >= 11 is 1.54. The lowest BCUT2D eigenvalue weighted by Crippen LogP contribution is -2.35. The Balaban J connectivity index is 1.75. The molecule has 0 N–H and O–H groups in total. The maximum atomic E-state index is 12.4. The molecule has 1 aromatic rings. The average molecular weight is 314 g/mol. The van der Waals surface area contributed by atoms with Crippen LogP contribution in [0.3, 0.4) is 0 Å². The van der Waals surface area contributed by atoms with E-state index in [0.29, 0.717) is 18.2 Å². The predicted octanol–water partition coefficient (Wildman–Crippen LogP) is 1.53. The molecule has 1 unspecified atom stereocenters. The second-order valence-corrected chi connectivity index (χ2v) is 8.93. The summed E-state index contributed by atoms with van der Waals surface area (Å²) in [6, 6.07) is 0.